The van der Waals surface area contributed by atoms with E-state index in [9.17, 15) is 18.0 Å². The van der Waals surface area contributed by atoms with Crippen LogP contribution in [0.2, 0.25) is 5.15 Å². The molecule has 0 aliphatic heterocycles. The molecule has 1 aromatic heterocycles. The Morgan fingerprint density at radius 2 is 1.84 bits per heavy atom. The number of sulfonamides is 1. The van der Waals surface area contributed by atoms with Crippen LogP contribution in [-0.4, -0.2) is 50.3 Å². The standard InChI is InChI=1S/C21H20ClN3O5S/c1-25(2)31(28,29)18-6-4-3-5-16(18)12-23-20(26)13-30-21(27)15-7-9-17-14(11-15)8-10-19(22)24-17/h3-11H,12-13H2,1-2H3,(H,23,26). The van der Waals surface area contributed by atoms with Gasteiger partial charge in [0.2, 0.25) is 10.0 Å². The van der Waals surface area contributed by atoms with Gasteiger partial charge in [0.15, 0.2) is 6.61 Å². The summed E-state index contributed by atoms with van der Waals surface area (Å²) in [5.74, 6) is -1.22. The molecule has 31 heavy (non-hydrogen) atoms. The summed E-state index contributed by atoms with van der Waals surface area (Å²) in [6, 6.07) is 14.5. The zero-order valence-corrected chi connectivity index (χ0v) is 18.4. The van der Waals surface area contributed by atoms with E-state index in [2.05, 4.69) is 10.3 Å². The van der Waals surface area contributed by atoms with Crippen LogP contribution >= 0.6 is 11.6 Å². The first-order valence-corrected chi connectivity index (χ1v) is 11.0. The molecule has 0 saturated heterocycles. The van der Waals surface area contributed by atoms with E-state index in [0.29, 0.717) is 21.6 Å². The quantitative estimate of drug-likeness (QED) is 0.428. The van der Waals surface area contributed by atoms with Gasteiger partial charge in [-0.15, -0.1) is 0 Å². The summed E-state index contributed by atoms with van der Waals surface area (Å²) in [5.41, 5.74) is 1.33. The molecular weight excluding hydrogens is 442 g/mol. The van der Waals surface area contributed by atoms with Gasteiger partial charge in [-0.2, -0.15) is 0 Å². The number of ether oxygens (including phenoxy) is 1. The Hall–Kier alpha value is -3.01. The van der Waals surface area contributed by atoms with Crippen LogP contribution < -0.4 is 5.32 Å². The number of hydrogen-bond acceptors (Lipinski definition) is 6. The van der Waals surface area contributed by atoms with Gasteiger partial charge < -0.3 is 10.1 Å². The van der Waals surface area contributed by atoms with Crippen LogP contribution in [0.25, 0.3) is 10.9 Å². The maximum atomic E-state index is 12.4. The van der Waals surface area contributed by atoms with E-state index in [0.717, 1.165) is 4.31 Å². The molecule has 3 aromatic rings. The molecule has 0 aliphatic carbocycles. The minimum atomic E-state index is -3.65. The van der Waals surface area contributed by atoms with Gasteiger partial charge in [-0.3, -0.25) is 4.79 Å². The number of carbonyl (C=O) groups excluding carboxylic acids is 2. The molecule has 0 radical (unpaired) electrons. The van der Waals surface area contributed by atoms with Gasteiger partial charge in [-0.1, -0.05) is 29.8 Å². The van der Waals surface area contributed by atoms with Crippen molar-refractivity contribution in [3.05, 3.63) is 70.9 Å². The molecule has 1 amide bonds. The van der Waals surface area contributed by atoms with Crippen LogP contribution in [0.1, 0.15) is 15.9 Å². The lowest BCUT2D eigenvalue weighted by Crippen LogP contribution is -2.30. The van der Waals surface area contributed by atoms with Crippen molar-refractivity contribution in [2.24, 2.45) is 0 Å². The average molecular weight is 462 g/mol. The van der Waals surface area contributed by atoms with Crippen molar-refractivity contribution in [2.75, 3.05) is 20.7 Å². The molecule has 0 aliphatic rings. The summed E-state index contributed by atoms with van der Waals surface area (Å²) in [6.45, 7) is -0.527. The Balaban J connectivity index is 1.60. The minimum absolute atomic E-state index is 0.0258. The molecule has 2 aromatic carbocycles. The third kappa shape index (κ3) is 5.38. The van der Waals surface area contributed by atoms with Crippen LogP contribution in [0.3, 0.4) is 0 Å². The van der Waals surface area contributed by atoms with Crippen LogP contribution in [0, 0.1) is 0 Å². The monoisotopic (exact) mass is 461 g/mol. The van der Waals surface area contributed by atoms with Crippen molar-refractivity contribution in [1.82, 2.24) is 14.6 Å². The lowest BCUT2D eigenvalue weighted by molar-refractivity contribution is -0.124. The highest BCUT2D eigenvalue weighted by Crippen LogP contribution is 2.19. The molecule has 0 saturated carbocycles. The predicted octanol–water partition coefficient (Wildman–Crippen LogP) is 2.61. The molecule has 0 bridgehead atoms. The second kappa shape index (κ2) is 9.42. The number of rotatable bonds is 7. The third-order valence-corrected chi connectivity index (χ3v) is 6.56. The third-order valence-electron chi connectivity index (χ3n) is 4.43. The van der Waals surface area contributed by atoms with E-state index in [-0.39, 0.29) is 17.0 Å². The number of aromatic nitrogens is 1. The topological polar surface area (TPSA) is 106 Å². The predicted molar refractivity (Wildman–Crippen MR) is 116 cm³/mol. The molecule has 1 heterocycles. The Bertz CT molecular complexity index is 1240. The molecule has 0 spiro atoms. The fourth-order valence-corrected chi connectivity index (χ4v) is 4.05. The normalized spacial score (nSPS) is 11.5. The maximum Gasteiger partial charge on any atom is 0.338 e. The van der Waals surface area contributed by atoms with Gasteiger partial charge >= 0.3 is 5.97 Å². The van der Waals surface area contributed by atoms with E-state index in [4.69, 9.17) is 16.3 Å². The summed E-state index contributed by atoms with van der Waals surface area (Å²) in [7, 11) is -0.790. The number of nitrogens with zero attached hydrogens (tertiary/aromatic N) is 2. The number of amides is 1. The number of pyridine rings is 1. The Labute approximate surface area is 184 Å². The molecular formula is C21H20ClN3O5S. The first-order valence-electron chi connectivity index (χ1n) is 9.19. The first kappa shape index (κ1) is 22.7. The van der Waals surface area contributed by atoms with Gasteiger partial charge in [0, 0.05) is 26.0 Å². The zero-order chi connectivity index (χ0) is 22.6. The highest BCUT2D eigenvalue weighted by Gasteiger charge is 2.21. The van der Waals surface area contributed by atoms with Crippen molar-refractivity contribution in [2.45, 2.75) is 11.4 Å². The first-order chi connectivity index (χ1) is 14.7. The Kier molecular flexibility index (Phi) is 6.89. The lowest BCUT2D eigenvalue weighted by Gasteiger charge is -2.15. The number of hydrogen-bond donors (Lipinski definition) is 1. The average Bonchev–Trinajstić information content (AvgIpc) is 2.75. The van der Waals surface area contributed by atoms with Gasteiger partial charge in [0.25, 0.3) is 5.91 Å². The highest BCUT2D eigenvalue weighted by molar-refractivity contribution is 7.89. The molecule has 0 unspecified atom stereocenters. The van der Waals surface area contributed by atoms with Crippen molar-refractivity contribution >= 4 is 44.4 Å². The lowest BCUT2D eigenvalue weighted by atomic mass is 10.1. The van der Waals surface area contributed by atoms with Gasteiger partial charge in [0.1, 0.15) is 5.15 Å². The fourth-order valence-electron chi connectivity index (χ4n) is 2.79. The number of benzene rings is 2. The van der Waals surface area contributed by atoms with Gasteiger partial charge in [-0.25, -0.2) is 22.5 Å². The van der Waals surface area contributed by atoms with Crippen LogP contribution in [0.5, 0.6) is 0 Å². The van der Waals surface area contributed by atoms with Crippen molar-refractivity contribution in [3.8, 4) is 0 Å². The van der Waals surface area contributed by atoms with E-state index in [1.807, 2.05) is 0 Å². The minimum Gasteiger partial charge on any atom is -0.452 e. The Morgan fingerprint density at radius 3 is 2.58 bits per heavy atom. The van der Waals surface area contributed by atoms with Crippen LogP contribution in [0.15, 0.2) is 59.5 Å². The highest BCUT2D eigenvalue weighted by atomic mass is 35.5. The van der Waals surface area contributed by atoms with E-state index in [1.54, 1.807) is 42.5 Å². The molecule has 1 N–H and O–H groups in total. The van der Waals surface area contributed by atoms with E-state index in [1.165, 1.54) is 26.2 Å². The number of nitrogens with one attached hydrogen (secondary N) is 1. The summed E-state index contributed by atoms with van der Waals surface area (Å²) in [4.78, 5) is 28.6. The number of carbonyl (C=O) groups is 2. The smallest absolute Gasteiger partial charge is 0.338 e. The van der Waals surface area contributed by atoms with E-state index < -0.39 is 28.5 Å². The van der Waals surface area contributed by atoms with Crippen molar-refractivity contribution in [1.29, 1.82) is 0 Å². The maximum absolute atomic E-state index is 12.4. The fraction of sp³-hybridized carbons (Fsp3) is 0.190. The van der Waals surface area contributed by atoms with Gasteiger partial charge in [0.05, 0.1) is 16.0 Å². The summed E-state index contributed by atoms with van der Waals surface area (Å²) in [5, 5.41) is 3.63. The second-order valence-corrected chi connectivity index (χ2v) is 9.30. The van der Waals surface area contributed by atoms with Crippen molar-refractivity contribution < 1.29 is 22.7 Å². The van der Waals surface area contributed by atoms with Crippen molar-refractivity contribution in [3.63, 3.8) is 0 Å². The van der Waals surface area contributed by atoms with Crippen LogP contribution in [-0.2, 0) is 26.1 Å². The zero-order valence-electron chi connectivity index (χ0n) is 16.8. The number of halogens is 1. The molecule has 8 nitrogen and oxygen atoms in total. The van der Waals surface area contributed by atoms with Gasteiger partial charge in [-0.05, 0) is 42.0 Å². The molecule has 0 fully saturated rings. The summed E-state index contributed by atoms with van der Waals surface area (Å²) in [6.07, 6.45) is 0. The van der Waals surface area contributed by atoms with E-state index >= 15 is 0 Å². The molecule has 10 heteroatoms. The molecule has 3 rings (SSSR count). The Morgan fingerprint density at radius 1 is 1.10 bits per heavy atom. The largest absolute Gasteiger partial charge is 0.452 e. The SMILES string of the molecule is CN(C)S(=O)(=O)c1ccccc1CNC(=O)COC(=O)c1ccc2nc(Cl)ccc2c1. The summed E-state index contributed by atoms with van der Waals surface area (Å²) < 4.78 is 31.0. The number of fused-ring (bicyclic) bond motifs is 1. The summed E-state index contributed by atoms with van der Waals surface area (Å²) >= 11 is 5.85. The molecule has 162 valence electrons. The molecule has 0 atom stereocenters. The van der Waals surface area contributed by atoms with Crippen LogP contribution in [0.4, 0.5) is 0 Å². The number of esters is 1. The second-order valence-electron chi connectivity index (χ2n) is 6.79.